The minimum Gasteiger partial charge on any atom is -0.496 e. The molecule has 0 spiro atoms. The third-order valence-electron chi connectivity index (χ3n) is 4.64. The SMILES string of the molecule is COc1cc(C)c(-c2ccc(C(=O)N3CC[C@@H](O)C3)cc2)cc1C. The van der Waals surface area contributed by atoms with Crippen LogP contribution in [0.2, 0.25) is 0 Å². The maximum Gasteiger partial charge on any atom is 0.253 e. The molecule has 2 aromatic carbocycles. The standard InChI is InChI=1S/C20H23NO3/c1-13-11-19(24-3)14(2)10-18(13)15-4-6-16(7-5-15)20(23)21-9-8-17(22)12-21/h4-7,10-11,17,22H,8-9,12H2,1-3H3/t17-/m1/s1. The van der Waals surface area contributed by atoms with Gasteiger partial charge < -0.3 is 14.7 Å². The van der Waals surface area contributed by atoms with Gasteiger partial charge in [0.25, 0.3) is 5.91 Å². The second-order valence-corrected chi connectivity index (χ2v) is 6.41. The number of amides is 1. The lowest BCUT2D eigenvalue weighted by Crippen LogP contribution is -2.29. The predicted molar refractivity (Wildman–Crippen MR) is 94.4 cm³/mol. The number of hydrogen-bond donors (Lipinski definition) is 1. The molecule has 1 saturated heterocycles. The number of carbonyl (C=O) groups is 1. The van der Waals surface area contributed by atoms with E-state index >= 15 is 0 Å². The molecule has 1 amide bonds. The maximum atomic E-state index is 12.4. The lowest BCUT2D eigenvalue weighted by molar-refractivity contribution is 0.0765. The number of β-amino-alcohol motifs (C(OH)–C–C–N with tert-alkyl or cyclic N) is 1. The Bertz CT molecular complexity index is 752. The van der Waals surface area contributed by atoms with Crippen LogP contribution in [-0.4, -0.2) is 42.2 Å². The van der Waals surface area contributed by atoms with Gasteiger partial charge in [-0.2, -0.15) is 0 Å². The lowest BCUT2D eigenvalue weighted by atomic mass is 9.97. The third kappa shape index (κ3) is 3.15. The molecule has 0 bridgehead atoms. The summed E-state index contributed by atoms with van der Waals surface area (Å²) in [4.78, 5) is 14.2. The van der Waals surface area contributed by atoms with Crippen molar-refractivity contribution in [1.82, 2.24) is 4.90 Å². The summed E-state index contributed by atoms with van der Waals surface area (Å²) < 4.78 is 5.36. The number of ether oxygens (including phenoxy) is 1. The monoisotopic (exact) mass is 325 g/mol. The van der Waals surface area contributed by atoms with E-state index in [0.29, 0.717) is 25.1 Å². The zero-order valence-electron chi connectivity index (χ0n) is 14.4. The van der Waals surface area contributed by atoms with Crippen molar-refractivity contribution in [1.29, 1.82) is 0 Å². The second-order valence-electron chi connectivity index (χ2n) is 6.41. The Morgan fingerprint density at radius 3 is 2.46 bits per heavy atom. The molecule has 3 rings (SSSR count). The minimum atomic E-state index is -0.391. The number of methoxy groups -OCH3 is 1. The van der Waals surface area contributed by atoms with Crippen molar-refractivity contribution in [3.8, 4) is 16.9 Å². The van der Waals surface area contributed by atoms with Crippen LogP contribution < -0.4 is 4.74 Å². The normalized spacial score (nSPS) is 17.2. The molecule has 126 valence electrons. The summed E-state index contributed by atoms with van der Waals surface area (Å²) in [6.45, 7) is 5.14. The molecular weight excluding hydrogens is 302 g/mol. The first kappa shape index (κ1) is 16.5. The molecule has 0 aromatic heterocycles. The summed E-state index contributed by atoms with van der Waals surface area (Å²) in [7, 11) is 1.68. The van der Waals surface area contributed by atoms with Crippen LogP contribution in [0.5, 0.6) is 5.75 Å². The molecule has 1 aliphatic heterocycles. The fraction of sp³-hybridized carbons (Fsp3) is 0.350. The maximum absolute atomic E-state index is 12.4. The average Bonchev–Trinajstić information content (AvgIpc) is 3.02. The summed E-state index contributed by atoms with van der Waals surface area (Å²) in [6.07, 6.45) is 0.270. The zero-order chi connectivity index (χ0) is 17.3. The largest absolute Gasteiger partial charge is 0.496 e. The average molecular weight is 325 g/mol. The zero-order valence-corrected chi connectivity index (χ0v) is 14.4. The fourth-order valence-corrected chi connectivity index (χ4v) is 3.22. The quantitative estimate of drug-likeness (QED) is 0.943. The Morgan fingerprint density at radius 1 is 1.17 bits per heavy atom. The topological polar surface area (TPSA) is 49.8 Å². The Balaban J connectivity index is 1.85. The molecular formula is C20H23NO3. The molecule has 0 saturated carbocycles. The van der Waals surface area contributed by atoms with Crippen molar-refractivity contribution in [3.05, 3.63) is 53.1 Å². The molecule has 1 fully saturated rings. The summed E-state index contributed by atoms with van der Waals surface area (Å²) in [6, 6.07) is 11.8. The first-order valence-electron chi connectivity index (χ1n) is 8.22. The van der Waals surface area contributed by atoms with Gasteiger partial charge in [-0.05, 0) is 66.8 Å². The van der Waals surface area contributed by atoms with Crippen molar-refractivity contribution >= 4 is 5.91 Å². The summed E-state index contributed by atoms with van der Waals surface area (Å²) >= 11 is 0. The van der Waals surface area contributed by atoms with Crippen molar-refractivity contribution in [2.24, 2.45) is 0 Å². The molecule has 4 heteroatoms. The van der Waals surface area contributed by atoms with Gasteiger partial charge in [0, 0.05) is 18.7 Å². The van der Waals surface area contributed by atoms with E-state index in [1.165, 1.54) is 0 Å². The highest BCUT2D eigenvalue weighted by Gasteiger charge is 2.25. The van der Waals surface area contributed by atoms with E-state index in [1.807, 2.05) is 37.3 Å². The number of likely N-dealkylation sites (tertiary alicyclic amines) is 1. The highest BCUT2D eigenvalue weighted by Crippen LogP contribution is 2.30. The Labute approximate surface area is 142 Å². The van der Waals surface area contributed by atoms with Crippen LogP contribution in [-0.2, 0) is 0 Å². The summed E-state index contributed by atoms with van der Waals surface area (Å²) in [5.41, 5.74) is 5.11. The molecule has 1 atom stereocenters. The molecule has 0 aliphatic carbocycles. The van der Waals surface area contributed by atoms with Gasteiger partial charge in [0.05, 0.1) is 13.2 Å². The smallest absolute Gasteiger partial charge is 0.253 e. The van der Waals surface area contributed by atoms with E-state index in [9.17, 15) is 9.90 Å². The van der Waals surface area contributed by atoms with E-state index in [-0.39, 0.29) is 5.91 Å². The summed E-state index contributed by atoms with van der Waals surface area (Å²) in [5, 5.41) is 9.58. The molecule has 2 aromatic rings. The number of hydrogen-bond acceptors (Lipinski definition) is 3. The van der Waals surface area contributed by atoms with Gasteiger partial charge in [0.1, 0.15) is 5.75 Å². The van der Waals surface area contributed by atoms with Crippen molar-refractivity contribution in [2.75, 3.05) is 20.2 Å². The van der Waals surface area contributed by atoms with Crippen molar-refractivity contribution in [3.63, 3.8) is 0 Å². The van der Waals surface area contributed by atoms with Crippen LogP contribution >= 0.6 is 0 Å². The Morgan fingerprint density at radius 2 is 1.88 bits per heavy atom. The van der Waals surface area contributed by atoms with Gasteiger partial charge >= 0.3 is 0 Å². The van der Waals surface area contributed by atoms with Gasteiger partial charge in [-0.3, -0.25) is 4.79 Å². The second kappa shape index (κ2) is 6.65. The number of aliphatic hydroxyl groups is 1. The van der Waals surface area contributed by atoms with Gasteiger partial charge in [0.15, 0.2) is 0 Å². The Hall–Kier alpha value is -2.33. The van der Waals surface area contributed by atoms with Crippen LogP contribution in [0.3, 0.4) is 0 Å². The highest BCUT2D eigenvalue weighted by molar-refractivity contribution is 5.95. The van der Waals surface area contributed by atoms with E-state index in [1.54, 1.807) is 12.0 Å². The molecule has 0 unspecified atom stereocenters. The number of rotatable bonds is 3. The van der Waals surface area contributed by atoms with Crippen LogP contribution in [0, 0.1) is 13.8 Å². The molecule has 1 heterocycles. The fourth-order valence-electron chi connectivity index (χ4n) is 3.22. The first-order valence-corrected chi connectivity index (χ1v) is 8.22. The third-order valence-corrected chi connectivity index (χ3v) is 4.64. The van der Waals surface area contributed by atoms with Crippen LogP contribution in [0.25, 0.3) is 11.1 Å². The van der Waals surface area contributed by atoms with Gasteiger partial charge in [0.2, 0.25) is 0 Å². The lowest BCUT2D eigenvalue weighted by Gasteiger charge is -2.16. The van der Waals surface area contributed by atoms with E-state index in [0.717, 1.165) is 28.0 Å². The van der Waals surface area contributed by atoms with Gasteiger partial charge in [-0.25, -0.2) is 0 Å². The molecule has 1 aliphatic rings. The van der Waals surface area contributed by atoms with Crippen LogP contribution in [0.4, 0.5) is 0 Å². The number of carbonyl (C=O) groups excluding carboxylic acids is 1. The number of benzene rings is 2. The Kier molecular flexibility index (Phi) is 4.58. The van der Waals surface area contributed by atoms with Gasteiger partial charge in [-0.15, -0.1) is 0 Å². The minimum absolute atomic E-state index is 0.0132. The van der Waals surface area contributed by atoms with Crippen molar-refractivity contribution in [2.45, 2.75) is 26.4 Å². The van der Waals surface area contributed by atoms with Crippen molar-refractivity contribution < 1.29 is 14.6 Å². The van der Waals surface area contributed by atoms with E-state index in [4.69, 9.17) is 4.74 Å². The molecule has 24 heavy (non-hydrogen) atoms. The first-order chi connectivity index (χ1) is 11.5. The number of aliphatic hydroxyl groups excluding tert-OH is 1. The van der Waals surface area contributed by atoms with Crippen LogP contribution in [0.15, 0.2) is 36.4 Å². The highest BCUT2D eigenvalue weighted by atomic mass is 16.5. The number of aryl methyl sites for hydroxylation is 2. The number of nitrogens with zero attached hydrogens (tertiary/aromatic N) is 1. The molecule has 4 nitrogen and oxygen atoms in total. The molecule has 1 N–H and O–H groups in total. The molecule has 0 radical (unpaired) electrons. The predicted octanol–water partition coefficient (Wildman–Crippen LogP) is 3.19. The van der Waals surface area contributed by atoms with E-state index in [2.05, 4.69) is 13.0 Å². The summed E-state index contributed by atoms with van der Waals surface area (Å²) in [5.74, 6) is 0.872. The van der Waals surface area contributed by atoms with E-state index < -0.39 is 6.10 Å². The van der Waals surface area contributed by atoms with Crippen LogP contribution in [0.1, 0.15) is 27.9 Å². The van der Waals surface area contributed by atoms with Gasteiger partial charge in [-0.1, -0.05) is 12.1 Å².